The van der Waals surface area contributed by atoms with E-state index in [1.54, 1.807) is 23.3 Å². The minimum atomic E-state index is -0.0984. The Morgan fingerprint density at radius 2 is 2.00 bits per heavy atom. The Balaban J connectivity index is 1.60. The standard InChI is InChI=1S/C21H23N3O2S/c1-14(15-8-4-3-5-9-15)23(2)18(25)12-24-13-22-20-19(21(24)26)16-10-6-7-11-17(16)27-20/h3-5,8-9,13-14H,6-7,10-12H2,1-2H3/t14-/m1/s1. The van der Waals surface area contributed by atoms with Crippen molar-refractivity contribution in [3.63, 3.8) is 0 Å². The first-order chi connectivity index (χ1) is 13.1. The number of benzene rings is 1. The zero-order valence-electron chi connectivity index (χ0n) is 15.6. The Kier molecular flexibility index (Phi) is 4.83. The van der Waals surface area contributed by atoms with Gasteiger partial charge in [0.15, 0.2) is 0 Å². The monoisotopic (exact) mass is 381 g/mol. The minimum absolute atomic E-state index is 0.0140. The number of carbonyl (C=O) groups excluding carboxylic acids is 1. The zero-order chi connectivity index (χ0) is 19.0. The molecule has 140 valence electrons. The van der Waals surface area contributed by atoms with Crippen LogP contribution in [0.4, 0.5) is 0 Å². The smallest absolute Gasteiger partial charge is 0.262 e. The van der Waals surface area contributed by atoms with Crippen molar-refractivity contribution >= 4 is 27.5 Å². The fourth-order valence-corrected chi connectivity index (χ4v) is 4.94. The summed E-state index contributed by atoms with van der Waals surface area (Å²) in [6.45, 7) is 2.01. The van der Waals surface area contributed by atoms with Crippen molar-refractivity contribution in [3.05, 3.63) is 63.0 Å². The van der Waals surface area contributed by atoms with Gasteiger partial charge in [-0.2, -0.15) is 0 Å². The molecule has 1 aliphatic rings. The number of likely N-dealkylation sites (N-methyl/N-ethyl adjacent to an activating group) is 1. The van der Waals surface area contributed by atoms with Gasteiger partial charge >= 0.3 is 0 Å². The van der Waals surface area contributed by atoms with Crippen molar-refractivity contribution in [2.75, 3.05) is 7.05 Å². The van der Waals surface area contributed by atoms with Gasteiger partial charge in [0, 0.05) is 11.9 Å². The lowest BCUT2D eigenvalue weighted by atomic mass is 9.97. The number of fused-ring (bicyclic) bond motifs is 3. The molecule has 5 nitrogen and oxygen atoms in total. The van der Waals surface area contributed by atoms with E-state index in [1.807, 2.05) is 37.3 Å². The SMILES string of the molecule is C[C@H](c1ccccc1)N(C)C(=O)Cn1cnc2sc3c(c2c1=O)CCCC3. The van der Waals surface area contributed by atoms with Gasteiger partial charge in [0.2, 0.25) is 5.91 Å². The summed E-state index contributed by atoms with van der Waals surface area (Å²) in [6.07, 6.45) is 5.78. The van der Waals surface area contributed by atoms with Crippen LogP contribution in [0.2, 0.25) is 0 Å². The van der Waals surface area contributed by atoms with Crippen molar-refractivity contribution in [2.45, 2.75) is 45.2 Å². The van der Waals surface area contributed by atoms with Crippen LogP contribution < -0.4 is 5.56 Å². The van der Waals surface area contributed by atoms with Gasteiger partial charge in [-0.1, -0.05) is 30.3 Å². The summed E-state index contributed by atoms with van der Waals surface area (Å²) in [7, 11) is 1.78. The molecule has 2 heterocycles. The molecule has 0 fully saturated rings. The fraction of sp³-hybridized carbons (Fsp3) is 0.381. The highest BCUT2D eigenvalue weighted by Gasteiger charge is 2.22. The van der Waals surface area contributed by atoms with E-state index in [1.165, 1.54) is 22.2 Å². The Morgan fingerprint density at radius 3 is 2.78 bits per heavy atom. The average molecular weight is 382 g/mol. The highest BCUT2D eigenvalue weighted by atomic mass is 32.1. The molecule has 2 aromatic heterocycles. The van der Waals surface area contributed by atoms with Crippen molar-refractivity contribution < 1.29 is 4.79 Å². The number of nitrogens with zero attached hydrogens (tertiary/aromatic N) is 3. The van der Waals surface area contributed by atoms with Crippen molar-refractivity contribution in [1.29, 1.82) is 0 Å². The lowest BCUT2D eigenvalue weighted by molar-refractivity contribution is -0.132. The lowest BCUT2D eigenvalue weighted by Gasteiger charge is -2.25. The molecule has 0 aliphatic heterocycles. The van der Waals surface area contributed by atoms with Gasteiger partial charge in [-0.25, -0.2) is 4.98 Å². The number of thiophene rings is 1. The second-order valence-electron chi connectivity index (χ2n) is 7.16. The first-order valence-corrected chi connectivity index (χ1v) is 10.2. The highest BCUT2D eigenvalue weighted by Crippen LogP contribution is 2.33. The van der Waals surface area contributed by atoms with E-state index in [2.05, 4.69) is 4.98 Å². The Morgan fingerprint density at radius 1 is 1.26 bits per heavy atom. The minimum Gasteiger partial charge on any atom is -0.337 e. The molecule has 27 heavy (non-hydrogen) atoms. The number of amides is 1. The zero-order valence-corrected chi connectivity index (χ0v) is 16.5. The largest absolute Gasteiger partial charge is 0.337 e. The van der Waals surface area contributed by atoms with Crippen LogP contribution >= 0.6 is 11.3 Å². The Labute approximate surface area is 162 Å². The fourth-order valence-electron chi connectivity index (χ4n) is 3.72. The molecule has 1 aliphatic carbocycles. The summed E-state index contributed by atoms with van der Waals surface area (Å²) in [5, 5.41) is 0.726. The predicted molar refractivity (Wildman–Crippen MR) is 108 cm³/mol. The van der Waals surface area contributed by atoms with Gasteiger partial charge < -0.3 is 4.90 Å². The third-order valence-corrected chi connectivity index (χ3v) is 6.70. The predicted octanol–water partition coefficient (Wildman–Crippen LogP) is 3.56. The van der Waals surface area contributed by atoms with Crippen LogP contribution in [0.1, 0.15) is 41.8 Å². The van der Waals surface area contributed by atoms with E-state index in [9.17, 15) is 9.59 Å². The molecule has 4 rings (SSSR count). The molecule has 1 aromatic carbocycles. The topological polar surface area (TPSA) is 55.2 Å². The molecule has 1 amide bonds. The molecular formula is C21H23N3O2S. The summed E-state index contributed by atoms with van der Waals surface area (Å²) >= 11 is 1.63. The number of hydrogen-bond acceptors (Lipinski definition) is 4. The molecule has 0 spiro atoms. The number of carbonyl (C=O) groups is 1. The van der Waals surface area contributed by atoms with E-state index >= 15 is 0 Å². The van der Waals surface area contributed by atoms with E-state index in [0.29, 0.717) is 0 Å². The van der Waals surface area contributed by atoms with Crippen molar-refractivity contribution in [1.82, 2.24) is 14.5 Å². The molecular weight excluding hydrogens is 358 g/mol. The van der Waals surface area contributed by atoms with Gasteiger partial charge in [0.25, 0.3) is 5.56 Å². The molecule has 3 aromatic rings. The van der Waals surface area contributed by atoms with Crippen LogP contribution in [0.5, 0.6) is 0 Å². The lowest BCUT2D eigenvalue weighted by Crippen LogP contribution is -2.35. The van der Waals surface area contributed by atoms with Gasteiger partial charge in [0.1, 0.15) is 11.4 Å². The van der Waals surface area contributed by atoms with E-state index in [4.69, 9.17) is 0 Å². The number of hydrogen-bond donors (Lipinski definition) is 0. The first kappa shape index (κ1) is 17.9. The number of aromatic nitrogens is 2. The molecule has 6 heteroatoms. The van der Waals surface area contributed by atoms with Crippen LogP contribution in [-0.2, 0) is 24.2 Å². The second-order valence-corrected chi connectivity index (χ2v) is 8.24. The molecule has 0 saturated heterocycles. The van der Waals surface area contributed by atoms with E-state index < -0.39 is 0 Å². The number of aryl methyl sites for hydroxylation is 2. The summed E-state index contributed by atoms with van der Waals surface area (Å²) in [5.41, 5.74) is 2.14. The third kappa shape index (κ3) is 3.30. The molecule has 0 N–H and O–H groups in total. The maximum absolute atomic E-state index is 13.0. The maximum atomic E-state index is 13.0. The molecule has 0 unspecified atom stereocenters. The van der Waals surface area contributed by atoms with Gasteiger partial charge in [-0.05, 0) is 43.7 Å². The van der Waals surface area contributed by atoms with Crippen LogP contribution in [0.3, 0.4) is 0 Å². The summed E-state index contributed by atoms with van der Waals surface area (Å²) in [4.78, 5) is 34.1. The van der Waals surface area contributed by atoms with E-state index in [0.717, 1.165) is 40.6 Å². The van der Waals surface area contributed by atoms with Gasteiger partial charge in [0.05, 0.1) is 17.8 Å². The summed E-state index contributed by atoms with van der Waals surface area (Å²) in [5.74, 6) is -0.0984. The summed E-state index contributed by atoms with van der Waals surface area (Å²) in [6, 6.07) is 9.84. The van der Waals surface area contributed by atoms with Gasteiger partial charge in [-0.3, -0.25) is 14.2 Å². The second kappa shape index (κ2) is 7.27. The number of rotatable bonds is 4. The Hall–Kier alpha value is -2.47. The maximum Gasteiger partial charge on any atom is 0.262 e. The van der Waals surface area contributed by atoms with Crippen LogP contribution in [-0.4, -0.2) is 27.4 Å². The van der Waals surface area contributed by atoms with Crippen LogP contribution in [0.15, 0.2) is 41.5 Å². The average Bonchev–Trinajstić information content (AvgIpc) is 3.09. The molecule has 0 radical (unpaired) electrons. The summed E-state index contributed by atoms with van der Waals surface area (Å²) < 4.78 is 1.46. The van der Waals surface area contributed by atoms with Crippen molar-refractivity contribution in [3.8, 4) is 0 Å². The van der Waals surface area contributed by atoms with Crippen molar-refractivity contribution in [2.24, 2.45) is 0 Å². The molecule has 0 bridgehead atoms. The highest BCUT2D eigenvalue weighted by molar-refractivity contribution is 7.18. The first-order valence-electron chi connectivity index (χ1n) is 9.36. The normalized spacial score (nSPS) is 14.7. The van der Waals surface area contributed by atoms with Crippen LogP contribution in [0, 0.1) is 0 Å². The molecule has 1 atom stereocenters. The molecule has 0 saturated carbocycles. The van der Waals surface area contributed by atoms with E-state index in [-0.39, 0.29) is 24.1 Å². The quantitative estimate of drug-likeness (QED) is 0.694. The van der Waals surface area contributed by atoms with Crippen LogP contribution in [0.25, 0.3) is 10.2 Å². The van der Waals surface area contributed by atoms with Gasteiger partial charge in [-0.15, -0.1) is 11.3 Å². The Bertz CT molecular complexity index is 1040. The third-order valence-electron chi connectivity index (χ3n) is 5.50.